The van der Waals surface area contributed by atoms with Gasteiger partial charge in [-0.2, -0.15) is 0 Å². The van der Waals surface area contributed by atoms with E-state index in [0.29, 0.717) is 12.3 Å². The molecule has 0 saturated heterocycles. The standard InChI is InChI=1S/C14H21BrN2O2/c1-4-7-17-14(18)10(3)19-13-6-5-11(15)8-12(13)9(2)16/h5-6,8-10H,4,7,16H2,1-3H3,(H,17,18)/t9-,10?/m1/s1. The maximum absolute atomic E-state index is 11.8. The first-order valence-electron chi connectivity index (χ1n) is 6.45. The average molecular weight is 329 g/mol. The number of benzene rings is 1. The number of hydrogen-bond acceptors (Lipinski definition) is 3. The van der Waals surface area contributed by atoms with Crippen LogP contribution in [0.1, 0.15) is 38.8 Å². The van der Waals surface area contributed by atoms with Gasteiger partial charge in [0.25, 0.3) is 5.91 Å². The molecular weight excluding hydrogens is 308 g/mol. The van der Waals surface area contributed by atoms with Crippen molar-refractivity contribution in [2.24, 2.45) is 5.73 Å². The summed E-state index contributed by atoms with van der Waals surface area (Å²) in [5.41, 5.74) is 6.79. The summed E-state index contributed by atoms with van der Waals surface area (Å²) >= 11 is 3.40. The predicted molar refractivity (Wildman–Crippen MR) is 80.1 cm³/mol. The van der Waals surface area contributed by atoms with Crippen molar-refractivity contribution in [1.29, 1.82) is 0 Å². The Morgan fingerprint density at radius 3 is 2.74 bits per heavy atom. The summed E-state index contributed by atoms with van der Waals surface area (Å²) in [6.45, 7) is 6.29. The molecule has 0 spiro atoms. The summed E-state index contributed by atoms with van der Waals surface area (Å²) < 4.78 is 6.65. The minimum Gasteiger partial charge on any atom is -0.481 e. The molecule has 5 heteroatoms. The van der Waals surface area contributed by atoms with Crippen LogP contribution in [0.15, 0.2) is 22.7 Å². The van der Waals surface area contributed by atoms with Crippen LogP contribution in [0.4, 0.5) is 0 Å². The number of nitrogens with one attached hydrogen (secondary N) is 1. The molecule has 0 aromatic heterocycles. The van der Waals surface area contributed by atoms with Gasteiger partial charge in [0.1, 0.15) is 5.75 Å². The van der Waals surface area contributed by atoms with E-state index in [1.165, 1.54) is 0 Å². The number of carbonyl (C=O) groups is 1. The minimum atomic E-state index is -0.537. The van der Waals surface area contributed by atoms with E-state index in [1.54, 1.807) is 6.92 Å². The summed E-state index contributed by atoms with van der Waals surface area (Å²) in [6.07, 6.45) is 0.368. The van der Waals surface area contributed by atoms with E-state index in [9.17, 15) is 4.79 Å². The predicted octanol–water partition coefficient (Wildman–Crippen LogP) is 2.76. The van der Waals surface area contributed by atoms with Gasteiger partial charge in [-0.1, -0.05) is 22.9 Å². The van der Waals surface area contributed by atoms with Crippen molar-refractivity contribution >= 4 is 21.8 Å². The van der Waals surface area contributed by atoms with Crippen molar-refractivity contribution in [3.05, 3.63) is 28.2 Å². The molecule has 0 radical (unpaired) electrons. The first-order valence-corrected chi connectivity index (χ1v) is 7.24. The molecule has 0 aliphatic rings. The van der Waals surface area contributed by atoms with Gasteiger partial charge in [-0.3, -0.25) is 4.79 Å². The number of ether oxygens (including phenoxy) is 1. The van der Waals surface area contributed by atoms with Gasteiger partial charge < -0.3 is 15.8 Å². The highest BCUT2D eigenvalue weighted by Gasteiger charge is 2.17. The Labute approximate surface area is 122 Å². The van der Waals surface area contributed by atoms with Crippen LogP contribution in [-0.4, -0.2) is 18.6 Å². The fraction of sp³-hybridized carbons (Fsp3) is 0.500. The summed E-state index contributed by atoms with van der Waals surface area (Å²) in [4.78, 5) is 11.8. The number of hydrogen-bond donors (Lipinski definition) is 2. The molecule has 19 heavy (non-hydrogen) atoms. The molecule has 1 unspecified atom stereocenters. The quantitative estimate of drug-likeness (QED) is 0.843. The summed E-state index contributed by atoms with van der Waals surface area (Å²) in [6, 6.07) is 5.46. The highest BCUT2D eigenvalue weighted by atomic mass is 79.9. The lowest BCUT2D eigenvalue weighted by Gasteiger charge is -2.19. The lowest BCUT2D eigenvalue weighted by molar-refractivity contribution is -0.127. The third-order valence-electron chi connectivity index (χ3n) is 2.68. The third kappa shape index (κ3) is 4.84. The number of carbonyl (C=O) groups excluding carboxylic acids is 1. The Balaban J connectivity index is 2.78. The van der Waals surface area contributed by atoms with E-state index in [1.807, 2.05) is 32.0 Å². The van der Waals surface area contributed by atoms with Gasteiger partial charge in [0, 0.05) is 22.6 Å². The van der Waals surface area contributed by atoms with Gasteiger partial charge >= 0.3 is 0 Å². The zero-order valence-corrected chi connectivity index (χ0v) is 13.2. The second kappa shape index (κ2) is 7.50. The lowest BCUT2D eigenvalue weighted by Crippen LogP contribution is -2.36. The largest absolute Gasteiger partial charge is 0.481 e. The van der Waals surface area contributed by atoms with Crippen molar-refractivity contribution in [3.63, 3.8) is 0 Å². The molecule has 2 atom stereocenters. The van der Waals surface area contributed by atoms with E-state index in [4.69, 9.17) is 10.5 Å². The first-order chi connectivity index (χ1) is 8.95. The van der Waals surface area contributed by atoms with Gasteiger partial charge in [0.05, 0.1) is 0 Å². The van der Waals surface area contributed by atoms with Crippen molar-refractivity contribution < 1.29 is 9.53 Å². The van der Waals surface area contributed by atoms with E-state index in [2.05, 4.69) is 21.2 Å². The maximum Gasteiger partial charge on any atom is 0.260 e. The Bertz CT molecular complexity index is 435. The second-order valence-electron chi connectivity index (χ2n) is 4.52. The molecule has 1 rings (SSSR count). The SMILES string of the molecule is CCCNC(=O)C(C)Oc1ccc(Br)cc1[C@@H](C)N. The molecule has 0 aliphatic heterocycles. The molecule has 106 valence electrons. The number of nitrogens with two attached hydrogens (primary N) is 1. The Morgan fingerprint density at radius 2 is 2.16 bits per heavy atom. The van der Waals surface area contributed by atoms with Gasteiger partial charge in [0.15, 0.2) is 6.10 Å². The molecular formula is C14H21BrN2O2. The van der Waals surface area contributed by atoms with Crippen LogP contribution in [0.5, 0.6) is 5.75 Å². The Hall–Kier alpha value is -1.07. The molecule has 1 amide bonds. The highest BCUT2D eigenvalue weighted by molar-refractivity contribution is 9.10. The highest BCUT2D eigenvalue weighted by Crippen LogP contribution is 2.28. The summed E-state index contributed by atoms with van der Waals surface area (Å²) in [5.74, 6) is 0.540. The molecule has 0 saturated carbocycles. The van der Waals surface area contributed by atoms with Gasteiger partial charge in [-0.25, -0.2) is 0 Å². The molecule has 0 fully saturated rings. The molecule has 0 heterocycles. The van der Waals surface area contributed by atoms with E-state index >= 15 is 0 Å². The van der Waals surface area contributed by atoms with E-state index in [-0.39, 0.29) is 11.9 Å². The zero-order valence-electron chi connectivity index (χ0n) is 11.6. The number of amides is 1. The minimum absolute atomic E-state index is 0.111. The smallest absolute Gasteiger partial charge is 0.260 e. The Kier molecular flexibility index (Phi) is 6.31. The topological polar surface area (TPSA) is 64.3 Å². The van der Waals surface area contributed by atoms with Crippen molar-refractivity contribution in [2.75, 3.05) is 6.54 Å². The van der Waals surface area contributed by atoms with Gasteiger partial charge in [0.2, 0.25) is 0 Å². The van der Waals surface area contributed by atoms with Crippen LogP contribution in [-0.2, 0) is 4.79 Å². The molecule has 3 N–H and O–H groups in total. The van der Waals surface area contributed by atoms with Gasteiger partial charge in [-0.15, -0.1) is 0 Å². The molecule has 4 nitrogen and oxygen atoms in total. The van der Waals surface area contributed by atoms with Crippen LogP contribution in [0.3, 0.4) is 0 Å². The Morgan fingerprint density at radius 1 is 1.47 bits per heavy atom. The van der Waals surface area contributed by atoms with Crippen LogP contribution in [0.2, 0.25) is 0 Å². The van der Waals surface area contributed by atoms with Crippen LogP contribution >= 0.6 is 15.9 Å². The molecule has 0 aliphatic carbocycles. The number of halogens is 1. The third-order valence-corrected chi connectivity index (χ3v) is 3.18. The normalized spacial score (nSPS) is 13.7. The van der Waals surface area contributed by atoms with Crippen LogP contribution in [0.25, 0.3) is 0 Å². The zero-order chi connectivity index (χ0) is 14.4. The van der Waals surface area contributed by atoms with Crippen molar-refractivity contribution in [2.45, 2.75) is 39.3 Å². The molecule has 1 aromatic carbocycles. The molecule has 0 bridgehead atoms. The fourth-order valence-electron chi connectivity index (χ4n) is 1.62. The molecule has 1 aromatic rings. The average Bonchev–Trinajstić information content (AvgIpc) is 2.37. The fourth-order valence-corrected chi connectivity index (χ4v) is 2.00. The second-order valence-corrected chi connectivity index (χ2v) is 5.44. The first kappa shape index (κ1) is 16.0. The van der Waals surface area contributed by atoms with Crippen molar-refractivity contribution in [1.82, 2.24) is 5.32 Å². The number of rotatable bonds is 6. The lowest BCUT2D eigenvalue weighted by atomic mass is 10.1. The summed E-state index contributed by atoms with van der Waals surface area (Å²) in [7, 11) is 0. The summed E-state index contributed by atoms with van der Waals surface area (Å²) in [5, 5.41) is 2.81. The monoisotopic (exact) mass is 328 g/mol. The van der Waals surface area contributed by atoms with Crippen LogP contribution < -0.4 is 15.8 Å². The van der Waals surface area contributed by atoms with E-state index < -0.39 is 6.10 Å². The maximum atomic E-state index is 11.8. The van der Waals surface area contributed by atoms with Crippen molar-refractivity contribution in [3.8, 4) is 5.75 Å². The van der Waals surface area contributed by atoms with Crippen LogP contribution in [0, 0.1) is 0 Å². The van der Waals surface area contributed by atoms with E-state index in [0.717, 1.165) is 16.5 Å². The van der Waals surface area contributed by atoms with Gasteiger partial charge in [-0.05, 0) is 38.5 Å².